The first-order valence-corrected chi connectivity index (χ1v) is 10.6. The zero-order valence-electron chi connectivity index (χ0n) is 18.6. The zero-order valence-corrected chi connectivity index (χ0v) is 18.6. The van der Waals surface area contributed by atoms with E-state index in [0.717, 1.165) is 34.3 Å². The van der Waals surface area contributed by atoms with Gasteiger partial charge in [0.15, 0.2) is 0 Å². The number of imidazole rings is 1. The van der Waals surface area contributed by atoms with Crippen LogP contribution in [0.3, 0.4) is 0 Å². The summed E-state index contributed by atoms with van der Waals surface area (Å²) in [6.07, 6.45) is -3.35. The van der Waals surface area contributed by atoms with Gasteiger partial charge in [0.1, 0.15) is 5.82 Å². The Hall–Kier alpha value is -3.50. The molecule has 0 aliphatic carbocycles. The van der Waals surface area contributed by atoms with Crippen molar-refractivity contribution in [3.8, 4) is 0 Å². The molecular weight excluding hydrogens is 435 g/mol. The third kappa shape index (κ3) is 4.67. The van der Waals surface area contributed by atoms with E-state index in [4.69, 9.17) is 0 Å². The number of alkyl halides is 3. The van der Waals surface area contributed by atoms with Crippen molar-refractivity contribution in [2.75, 3.05) is 6.54 Å². The molecule has 0 radical (unpaired) electrons. The van der Waals surface area contributed by atoms with Crippen molar-refractivity contribution in [1.82, 2.24) is 34.4 Å². The Balaban J connectivity index is 1.33. The van der Waals surface area contributed by atoms with Gasteiger partial charge in [-0.05, 0) is 51.3 Å². The van der Waals surface area contributed by atoms with Crippen LogP contribution in [0.15, 0.2) is 24.3 Å². The highest BCUT2D eigenvalue weighted by Crippen LogP contribution is 2.27. The van der Waals surface area contributed by atoms with E-state index < -0.39 is 12.0 Å². The van der Waals surface area contributed by atoms with Crippen LogP contribution in [-0.2, 0) is 23.9 Å². The predicted molar refractivity (Wildman–Crippen MR) is 116 cm³/mol. The molecule has 0 aliphatic rings. The average Bonchev–Trinajstić information content (AvgIpc) is 3.32. The van der Waals surface area contributed by atoms with E-state index in [1.165, 1.54) is 0 Å². The van der Waals surface area contributed by atoms with Crippen molar-refractivity contribution >= 4 is 22.7 Å². The van der Waals surface area contributed by atoms with E-state index >= 15 is 0 Å². The van der Waals surface area contributed by atoms with Gasteiger partial charge in [-0.2, -0.15) is 18.2 Å². The molecule has 1 amide bonds. The molecule has 4 rings (SSSR count). The molecule has 174 valence electrons. The molecule has 0 saturated carbocycles. The van der Waals surface area contributed by atoms with Crippen LogP contribution < -0.4 is 5.32 Å². The number of nitrogens with zero attached hydrogens (tertiary/aromatic N) is 6. The number of amides is 1. The molecule has 0 fully saturated rings. The minimum atomic E-state index is -4.64. The Morgan fingerprint density at radius 2 is 1.85 bits per heavy atom. The van der Waals surface area contributed by atoms with E-state index in [-0.39, 0.29) is 18.1 Å². The summed E-state index contributed by atoms with van der Waals surface area (Å²) in [5, 5.41) is 6.44. The second-order valence-corrected chi connectivity index (χ2v) is 7.91. The van der Waals surface area contributed by atoms with Crippen molar-refractivity contribution in [2.24, 2.45) is 0 Å². The van der Waals surface area contributed by atoms with Crippen LogP contribution in [0.1, 0.15) is 41.4 Å². The fraction of sp³-hybridized carbons (Fsp3) is 0.409. The smallest absolute Gasteiger partial charge is 0.356 e. The Morgan fingerprint density at radius 3 is 2.61 bits per heavy atom. The van der Waals surface area contributed by atoms with Crippen LogP contribution in [0.25, 0.3) is 16.8 Å². The lowest BCUT2D eigenvalue weighted by atomic mass is 10.1. The highest BCUT2D eigenvalue weighted by atomic mass is 19.4. The molecule has 0 unspecified atom stereocenters. The van der Waals surface area contributed by atoms with Gasteiger partial charge in [0.05, 0.1) is 11.0 Å². The first-order chi connectivity index (χ1) is 15.6. The summed E-state index contributed by atoms with van der Waals surface area (Å²) in [6, 6.07) is 7.92. The quantitative estimate of drug-likeness (QED) is 0.427. The topological polar surface area (TPSA) is 90.0 Å². The van der Waals surface area contributed by atoms with E-state index in [2.05, 4.69) is 29.9 Å². The second-order valence-electron chi connectivity index (χ2n) is 7.91. The molecule has 3 aromatic heterocycles. The molecule has 0 spiro atoms. The maximum absolute atomic E-state index is 12.9. The lowest BCUT2D eigenvalue weighted by molar-refractivity contribution is -0.144. The lowest BCUT2D eigenvalue weighted by Gasteiger charge is -2.11. The van der Waals surface area contributed by atoms with Gasteiger partial charge in [-0.15, -0.1) is 5.10 Å². The van der Waals surface area contributed by atoms with Crippen molar-refractivity contribution in [1.29, 1.82) is 0 Å². The molecule has 0 atom stereocenters. The maximum Gasteiger partial charge on any atom is 0.453 e. The highest BCUT2D eigenvalue weighted by molar-refractivity contribution is 5.76. The number of rotatable bonds is 7. The Kier molecular flexibility index (Phi) is 6.05. The molecule has 1 N–H and O–H groups in total. The molecule has 11 heteroatoms. The number of halogens is 3. The van der Waals surface area contributed by atoms with E-state index in [1.807, 2.05) is 31.2 Å². The SMILES string of the molecule is Cc1nc2nc(C(F)(F)F)nn2c(C)c1CCC(=O)NCCCn1c(C)nc2ccccc21. The molecular formula is C22H24F3N7O. The van der Waals surface area contributed by atoms with Crippen LogP contribution in [0.2, 0.25) is 0 Å². The van der Waals surface area contributed by atoms with Crippen LogP contribution in [0.4, 0.5) is 13.2 Å². The van der Waals surface area contributed by atoms with Crippen molar-refractivity contribution in [3.05, 3.63) is 52.9 Å². The van der Waals surface area contributed by atoms with E-state index in [0.29, 0.717) is 29.9 Å². The van der Waals surface area contributed by atoms with Crippen LogP contribution in [-0.4, -0.2) is 41.6 Å². The van der Waals surface area contributed by atoms with Crippen LogP contribution in [0, 0.1) is 20.8 Å². The zero-order chi connectivity index (χ0) is 23.8. The average molecular weight is 459 g/mol. The normalized spacial score (nSPS) is 12.1. The van der Waals surface area contributed by atoms with Gasteiger partial charge in [-0.3, -0.25) is 4.79 Å². The summed E-state index contributed by atoms with van der Waals surface area (Å²) in [6.45, 7) is 6.56. The third-order valence-electron chi connectivity index (χ3n) is 5.63. The summed E-state index contributed by atoms with van der Waals surface area (Å²) in [4.78, 5) is 24.5. The standard InChI is InChI=1S/C22H24F3N7O/c1-13-16(14(2)32-21(27-13)29-20(30-32)22(23,24)25)9-10-19(33)26-11-6-12-31-15(3)28-17-7-4-5-8-18(17)31/h4-5,7-8H,6,9-12H2,1-3H3,(H,26,33). The first kappa shape index (κ1) is 22.7. The van der Waals surface area contributed by atoms with Crippen molar-refractivity contribution in [3.63, 3.8) is 0 Å². The van der Waals surface area contributed by atoms with Gasteiger partial charge in [0.25, 0.3) is 11.6 Å². The number of benzene rings is 1. The number of hydrogen-bond donors (Lipinski definition) is 1. The fourth-order valence-electron chi connectivity index (χ4n) is 3.96. The predicted octanol–water partition coefficient (Wildman–Crippen LogP) is 3.56. The number of carbonyl (C=O) groups excluding carboxylic acids is 1. The molecule has 4 aromatic rings. The Bertz CT molecular complexity index is 1320. The second kappa shape index (κ2) is 8.80. The number of hydrogen-bond acceptors (Lipinski definition) is 5. The van der Waals surface area contributed by atoms with Gasteiger partial charge < -0.3 is 9.88 Å². The Labute approximate surface area is 187 Å². The first-order valence-electron chi connectivity index (χ1n) is 10.6. The van der Waals surface area contributed by atoms with Crippen LogP contribution >= 0.6 is 0 Å². The number of carbonyl (C=O) groups is 1. The molecule has 33 heavy (non-hydrogen) atoms. The van der Waals surface area contributed by atoms with Crippen LogP contribution in [0.5, 0.6) is 0 Å². The molecule has 0 bridgehead atoms. The van der Waals surface area contributed by atoms with Gasteiger partial charge in [-0.25, -0.2) is 14.5 Å². The third-order valence-corrected chi connectivity index (χ3v) is 5.63. The summed E-state index contributed by atoms with van der Waals surface area (Å²) in [5.41, 5.74) is 3.74. The monoisotopic (exact) mass is 459 g/mol. The van der Waals surface area contributed by atoms with E-state index in [1.54, 1.807) is 13.8 Å². The van der Waals surface area contributed by atoms with Gasteiger partial charge >= 0.3 is 6.18 Å². The number of aromatic nitrogens is 6. The lowest BCUT2D eigenvalue weighted by Crippen LogP contribution is -2.26. The number of aryl methyl sites for hydroxylation is 4. The largest absolute Gasteiger partial charge is 0.453 e. The molecule has 0 saturated heterocycles. The Morgan fingerprint density at radius 1 is 1.09 bits per heavy atom. The fourth-order valence-corrected chi connectivity index (χ4v) is 3.96. The summed E-state index contributed by atoms with van der Waals surface area (Å²) < 4.78 is 42.0. The molecule has 0 aliphatic heterocycles. The van der Waals surface area contributed by atoms with Gasteiger partial charge in [0, 0.05) is 30.9 Å². The van der Waals surface area contributed by atoms with Gasteiger partial charge in [0.2, 0.25) is 5.91 Å². The van der Waals surface area contributed by atoms with Crippen molar-refractivity contribution < 1.29 is 18.0 Å². The summed E-state index contributed by atoms with van der Waals surface area (Å²) >= 11 is 0. The molecule has 1 aromatic carbocycles. The number of para-hydroxylation sites is 2. The summed E-state index contributed by atoms with van der Waals surface area (Å²) in [7, 11) is 0. The number of nitrogens with one attached hydrogen (secondary N) is 1. The maximum atomic E-state index is 12.9. The minimum Gasteiger partial charge on any atom is -0.356 e. The number of fused-ring (bicyclic) bond motifs is 2. The van der Waals surface area contributed by atoms with Gasteiger partial charge in [-0.1, -0.05) is 12.1 Å². The molecule has 3 heterocycles. The summed E-state index contributed by atoms with van der Waals surface area (Å²) in [5.74, 6) is -0.532. The highest BCUT2D eigenvalue weighted by Gasteiger charge is 2.37. The van der Waals surface area contributed by atoms with Crippen molar-refractivity contribution in [2.45, 2.75) is 52.8 Å². The minimum absolute atomic E-state index is 0.104. The molecule has 8 nitrogen and oxygen atoms in total. The van der Waals surface area contributed by atoms with E-state index in [9.17, 15) is 18.0 Å².